The molecule has 1 aromatic rings. The first kappa shape index (κ1) is 12.1. The average molecular weight is 218 g/mol. The number of carbonyl (C=O) groups is 1. The predicted octanol–water partition coefficient (Wildman–Crippen LogP) is 2.22. The zero-order valence-corrected chi connectivity index (χ0v) is 9.14. The molecule has 0 aliphatic carbocycles. The lowest BCUT2D eigenvalue weighted by atomic mass is 10.2. The molecule has 0 aliphatic heterocycles. The van der Waals surface area contributed by atoms with Gasteiger partial charge in [-0.15, -0.1) is 0 Å². The number of carbonyl (C=O) groups excluding carboxylic acids is 1. The van der Waals surface area contributed by atoms with Crippen LogP contribution in [-0.2, 0) is 11.3 Å². The molecule has 84 valence electrons. The molecular formula is C12H14N2O2. The van der Waals surface area contributed by atoms with Gasteiger partial charge in [-0.1, -0.05) is 30.3 Å². The first-order chi connectivity index (χ1) is 7.72. The lowest BCUT2D eigenvalue weighted by molar-refractivity contribution is 0.137. The van der Waals surface area contributed by atoms with Gasteiger partial charge in [-0.2, -0.15) is 0 Å². The molecule has 0 radical (unpaired) electrons. The van der Waals surface area contributed by atoms with E-state index in [2.05, 4.69) is 10.2 Å². The van der Waals surface area contributed by atoms with Crippen molar-refractivity contribution in [1.29, 1.82) is 0 Å². The standard InChI is InChI=1S/C12H14N2O2/c1-10(8-13-2)14-12(15)16-9-11-6-4-3-5-7-11/h3-7,10H,8-9H2,1H3,(H,14,15)/t10-/m0/s1. The quantitative estimate of drug-likeness (QED) is 0.787. The zero-order chi connectivity index (χ0) is 11.8. The molecule has 1 rings (SSSR count). The van der Waals surface area contributed by atoms with Crippen molar-refractivity contribution < 1.29 is 9.53 Å². The van der Waals surface area contributed by atoms with Crippen LogP contribution in [0.5, 0.6) is 0 Å². The first-order valence-corrected chi connectivity index (χ1v) is 5.03. The highest BCUT2D eigenvalue weighted by atomic mass is 16.5. The van der Waals surface area contributed by atoms with E-state index in [4.69, 9.17) is 11.3 Å². The molecule has 0 bridgehead atoms. The number of ether oxygens (including phenoxy) is 1. The molecular weight excluding hydrogens is 204 g/mol. The fourth-order valence-corrected chi connectivity index (χ4v) is 1.15. The molecule has 0 saturated heterocycles. The van der Waals surface area contributed by atoms with E-state index in [1.165, 1.54) is 0 Å². The van der Waals surface area contributed by atoms with E-state index in [-0.39, 0.29) is 19.2 Å². The van der Waals surface area contributed by atoms with Crippen LogP contribution in [0.15, 0.2) is 30.3 Å². The smallest absolute Gasteiger partial charge is 0.407 e. The van der Waals surface area contributed by atoms with Crippen molar-refractivity contribution in [3.05, 3.63) is 47.3 Å². The van der Waals surface area contributed by atoms with Gasteiger partial charge in [0.25, 0.3) is 0 Å². The van der Waals surface area contributed by atoms with E-state index >= 15 is 0 Å². The highest BCUT2D eigenvalue weighted by molar-refractivity contribution is 5.67. The van der Waals surface area contributed by atoms with Crippen LogP contribution >= 0.6 is 0 Å². The Morgan fingerprint density at radius 2 is 2.19 bits per heavy atom. The van der Waals surface area contributed by atoms with Crippen LogP contribution < -0.4 is 5.32 Å². The topological polar surface area (TPSA) is 42.7 Å². The van der Waals surface area contributed by atoms with Crippen LogP contribution in [0, 0.1) is 6.57 Å². The summed E-state index contributed by atoms with van der Waals surface area (Å²) in [7, 11) is 0. The van der Waals surface area contributed by atoms with E-state index in [1.807, 2.05) is 30.3 Å². The monoisotopic (exact) mass is 218 g/mol. The van der Waals surface area contributed by atoms with Crippen molar-refractivity contribution in [2.75, 3.05) is 6.54 Å². The van der Waals surface area contributed by atoms with Crippen LogP contribution in [0.25, 0.3) is 4.85 Å². The molecule has 0 aliphatic rings. The SMILES string of the molecule is [C-]#[N+]C[C@H](C)NC(=O)OCc1ccccc1. The second-order valence-electron chi connectivity index (χ2n) is 3.45. The molecule has 0 fully saturated rings. The maximum absolute atomic E-state index is 11.3. The van der Waals surface area contributed by atoms with Crippen LogP contribution in [0.2, 0.25) is 0 Å². The molecule has 16 heavy (non-hydrogen) atoms. The summed E-state index contributed by atoms with van der Waals surface area (Å²) in [6, 6.07) is 9.27. The normalized spacial score (nSPS) is 11.2. The van der Waals surface area contributed by atoms with E-state index in [9.17, 15) is 4.79 Å². The Kier molecular flexibility index (Phi) is 4.87. The number of alkyl carbamates (subject to hydrolysis) is 1. The van der Waals surface area contributed by atoms with Gasteiger partial charge in [-0.25, -0.2) is 11.4 Å². The number of nitrogens with zero attached hydrogens (tertiary/aromatic N) is 1. The van der Waals surface area contributed by atoms with Crippen molar-refractivity contribution >= 4 is 6.09 Å². The minimum absolute atomic E-state index is 0.180. The Morgan fingerprint density at radius 1 is 1.50 bits per heavy atom. The zero-order valence-electron chi connectivity index (χ0n) is 9.14. The summed E-state index contributed by atoms with van der Waals surface area (Å²) < 4.78 is 4.99. The summed E-state index contributed by atoms with van der Waals surface area (Å²) in [5.74, 6) is 0. The summed E-state index contributed by atoms with van der Waals surface area (Å²) in [4.78, 5) is 14.5. The third-order valence-corrected chi connectivity index (χ3v) is 1.94. The largest absolute Gasteiger partial charge is 0.445 e. The van der Waals surface area contributed by atoms with Gasteiger partial charge >= 0.3 is 6.09 Å². The first-order valence-electron chi connectivity index (χ1n) is 5.03. The van der Waals surface area contributed by atoms with Gasteiger partial charge in [0.05, 0.1) is 0 Å². The third-order valence-electron chi connectivity index (χ3n) is 1.94. The van der Waals surface area contributed by atoms with Gasteiger partial charge in [0.1, 0.15) is 12.6 Å². The highest BCUT2D eigenvalue weighted by Gasteiger charge is 2.09. The summed E-state index contributed by atoms with van der Waals surface area (Å²) in [6.07, 6.45) is -0.486. The summed E-state index contributed by atoms with van der Waals surface area (Å²) in [6.45, 7) is 8.92. The lowest BCUT2D eigenvalue weighted by Crippen LogP contribution is -2.34. The summed E-state index contributed by atoms with van der Waals surface area (Å²) >= 11 is 0. The molecule has 1 N–H and O–H groups in total. The molecule has 0 spiro atoms. The van der Waals surface area contributed by atoms with Crippen LogP contribution in [0.1, 0.15) is 12.5 Å². The van der Waals surface area contributed by atoms with Crippen LogP contribution in [0.4, 0.5) is 4.79 Å². The molecule has 0 aromatic heterocycles. The van der Waals surface area contributed by atoms with Crippen molar-refractivity contribution in [2.24, 2.45) is 0 Å². The number of hydrogen-bond donors (Lipinski definition) is 1. The molecule has 0 unspecified atom stereocenters. The summed E-state index contributed by atoms with van der Waals surface area (Å²) in [5.41, 5.74) is 0.940. The fraction of sp³-hybridized carbons (Fsp3) is 0.333. The summed E-state index contributed by atoms with van der Waals surface area (Å²) in [5, 5.41) is 2.58. The Bertz CT molecular complexity index is 370. The second-order valence-corrected chi connectivity index (χ2v) is 3.45. The molecule has 4 nitrogen and oxygen atoms in total. The Morgan fingerprint density at radius 3 is 2.81 bits per heavy atom. The van der Waals surface area contributed by atoms with E-state index in [0.29, 0.717) is 0 Å². The van der Waals surface area contributed by atoms with Crippen molar-refractivity contribution in [3.63, 3.8) is 0 Å². The van der Waals surface area contributed by atoms with Gasteiger partial charge in [0.15, 0.2) is 0 Å². The van der Waals surface area contributed by atoms with Crippen molar-refractivity contribution in [3.8, 4) is 0 Å². The number of rotatable bonds is 4. The third kappa shape index (κ3) is 4.47. The van der Waals surface area contributed by atoms with Gasteiger partial charge in [-0.3, -0.25) is 0 Å². The molecule has 1 atom stereocenters. The number of amides is 1. The maximum Gasteiger partial charge on any atom is 0.407 e. The van der Waals surface area contributed by atoms with E-state index in [1.54, 1.807) is 6.92 Å². The van der Waals surface area contributed by atoms with Gasteiger partial charge in [-0.05, 0) is 12.5 Å². The van der Waals surface area contributed by atoms with E-state index < -0.39 is 6.09 Å². The minimum atomic E-state index is -0.486. The maximum atomic E-state index is 11.3. The van der Waals surface area contributed by atoms with E-state index in [0.717, 1.165) is 5.56 Å². The minimum Gasteiger partial charge on any atom is -0.445 e. The number of hydrogen-bond acceptors (Lipinski definition) is 2. The van der Waals surface area contributed by atoms with Gasteiger partial charge in [0.2, 0.25) is 6.54 Å². The lowest BCUT2D eigenvalue weighted by Gasteiger charge is -2.09. The molecule has 0 saturated carbocycles. The Balaban J connectivity index is 2.28. The van der Waals surface area contributed by atoms with Crippen LogP contribution in [-0.4, -0.2) is 18.7 Å². The molecule has 4 heteroatoms. The Hall–Kier alpha value is -2.02. The predicted molar refractivity (Wildman–Crippen MR) is 60.7 cm³/mol. The van der Waals surface area contributed by atoms with Crippen LogP contribution in [0.3, 0.4) is 0 Å². The molecule has 1 aromatic carbocycles. The van der Waals surface area contributed by atoms with Crippen molar-refractivity contribution in [2.45, 2.75) is 19.6 Å². The number of benzene rings is 1. The van der Waals surface area contributed by atoms with Crippen molar-refractivity contribution in [1.82, 2.24) is 5.32 Å². The average Bonchev–Trinajstić information content (AvgIpc) is 2.28. The second kappa shape index (κ2) is 6.46. The molecule has 0 heterocycles. The van der Waals surface area contributed by atoms with Gasteiger partial charge < -0.3 is 14.9 Å². The Labute approximate surface area is 95.0 Å². The number of nitrogens with one attached hydrogen (secondary N) is 1. The highest BCUT2D eigenvalue weighted by Crippen LogP contribution is 2.00. The fourth-order valence-electron chi connectivity index (χ4n) is 1.15. The van der Waals surface area contributed by atoms with Gasteiger partial charge in [0, 0.05) is 0 Å². The molecule has 1 amide bonds.